The topological polar surface area (TPSA) is 43.5 Å². The van der Waals surface area contributed by atoms with Gasteiger partial charge in [0.2, 0.25) is 0 Å². The molecule has 2 heterocycles. The molecule has 0 saturated carbocycles. The summed E-state index contributed by atoms with van der Waals surface area (Å²) >= 11 is 0. The average molecular weight is 817 g/mol. The number of rotatable bonds is 16. The van der Waals surface area contributed by atoms with E-state index in [1.54, 1.807) is 0 Å². The molecule has 4 heteroatoms. The van der Waals surface area contributed by atoms with Gasteiger partial charge >= 0.3 is 0 Å². The number of benzene rings is 2. The quantitative estimate of drug-likeness (QED) is 0.158. The van der Waals surface area contributed by atoms with E-state index in [9.17, 15) is 0 Å². The molecular weight excluding hydrogens is 725 g/mol. The van der Waals surface area contributed by atoms with Crippen molar-refractivity contribution >= 4 is 0 Å². The maximum absolute atomic E-state index is 7.11. The minimum Gasteiger partial charge on any atom is -0.490 e. The van der Waals surface area contributed by atoms with E-state index in [0.29, 0.717) is 13.2 Å². The highest BCUT2D eigenvalue weighted by Gasteiger charge is 2.45. The van der Waals surface area contributed by atoms with Crippen LogP contribution in [0.5, 0.6) is 11.5 Å². The Morgan fingerprint density at radius 3 is 0.780 bits per heavy atom. The van der Waals surface area contributed by atoms with E-state index in [1.165, 1.54) is 33.4 Å². The molecule has 0 radical (unpaired) electrons. The van der Waals surface area contributed by atoms with Gasteiger partial charge in [-0.05, 0) is 94.0 Å². The van der Waals surface area contributed by atoms with Crippen LogP contribution in [0.3, 0.4) is 0 Å². The van der Waals surface area contributed by atoms with E-state index < -0.39 is 0 Å². The highest BCUT2D eigenvalue weighted by molar-refractivity contribution is 5.58. The SMILES string of the molecule is CC(C)(C)CC(C)(C)c1cc(C(C)(C)c2cc(C(C)(C)CC(C)(C)C)c(OCC3(C)CO3)c(C(C)(C)CC(C)(C)C)c2)cc(C(C)(C)CC(C)(C)C)c1OCC1(C)CO1. The lowest BCUT2D eigenvalue weighted by Crippen LogP contribution is -2.33. The lowest BCUT2D eigenvalue weighted by atomic mass is 9.64. The lowest BCUT2D eigenvalue weighted by molar-refractivity contribution is 0.189. The van der Waals surface area contributed by atoms with Crippen molar-refractivity contribution in [2.24, 2.45) is 21.7 Å². The van der Waals surface area contributed by atoms with E-state index in [2.05, 4.69) is 190 Å². The van der Waals surface area contributed by atoms with Crippen molar-refractivity contribution in [3.05, 3.63) is 57.6 Å². The Labute approximate surface area is 365 Å². The van der Waals surface area contributed by atoms with Crippen LogP contribution in [0.4, 0.5) is 0 Å². The predicted octanol–water partition coefficient (Wildman–Crippen LogP) is 15.2. The van der Waals surface area contributed by atoms with Gasteiger partial charge in [-0.25, -0.2) is 0 Å². The fraction of sp³-hybridized carbons (Fsp3) is 0.782. The molecule has 2 aromatic rings. The number of hydrogen-bond donors (Lipinski definition) is 0. The Balaban J connectivity index is 2.14. The van der Waals surface area contributed by atoms with E-state index in [0.717, 1.165) is 50.4 Å². The van der Waals surface area contributed by atoms with Crippen molar-refractivity contribution in [1.29, 1.82) is 0 Å². The minimum atomic E-state index is -0.355. The molecule has 336 valence electrons. The molecule has 2 aromatic carbocycles. The first-order chi connectivity index (χ1) is 26.1. The Morgan fingerprint density at radius 2 is 0.610 bits per heavy atom. The van der Waals surface area contributed by atoms with Crippen LogP contribution in [-0.4, -0.2) is 37.6 Å². The van der Waals surface area contributed by atoms with Crippen molar-refractivity contribution in [3.8, 4) is 11.5 Å². The molecule has 2 unspecified atom stereocenters. The van der Waals surface area contributed by atoms with Gasteiger partial charge in [0.05, 0.1) is 13.2 Å². The highest BCUT2D eigenvalue weighted by atomic mass is 16.6. The van der Waals surface area contributed by atoms with Crippen LogP contribution in [-0.2, 0) is 36.5 Å². The molecule has 0 bridgehead atoms. The zero-order valence-electron chi connectivity index (χ0n) is 43.1. The summed E-state index contributed by atoms with van der Waals surface area (Å²) in [5.41, 5.74) is 6.94. The summed E-state index contributed by atoms with van der Waals surface area (Å²) in [4.78, 5) is 0. The molecule has 0 aromatic heterocycles. The van der Waals surface area contributed by atoms with Crippen molar-refractivity contribution in [2.75, 3.05) is 26.4 Å². The number of ether oxygens (including phenoxy) is 4. The van der Waals surface area contributed by atoms with E-state index in [1.807, 2.05) is 0 Å². The first kappa shape index (κ1) is 49.6. The van der Waals surface area contributed by atoms with Gasteiger partial charge in [-0.3, -0.25) is 0 Å². The van der Waals surface area contributed by atoms with Crippen LogP contribution in [0, 0.1) is 21.7 Å². The van der Waals surface area contributed by atoms with E-state index >= 15 is 0 Å². The van der Waals surface area contributed by atoms with Crippen molar-refractivity contribution < 1.29 is 18.9 Å². The molecule has 0 N–H and O–H groups in total. The highest BCUT2D eigenvalue weighted by Crippen LogP contribution is 2.53. The summed E-state index contributed by atoms with van der Waals surface area (Å²) < 4.78 is 26.0. The third kappa shape index (κ3) is 13.0. The normalized spacial score (nSPS) is 21.2. The standard InChI is InChI=1S/C55H92O4/c1-45(2,3)29-49(13,14)39-25-37(26-40(50(15,16)30-46(4,5)6)43(39)56-33-54(23)35-58-54)53(21,22)38-27-41(51(17,18)31-47(7,8)9)44(57-34-55(24)36-59-55)42(28-38)52(19,20)32-48(10,11)12/h25-28H,29-36H2,1-24H3. The molecule has 0 spiro atoms. The average Bonchev–Trinajstić information content (AvgIpc) is 3.91. The molecule has 2 aliphatic rings. The Hall–Kier alpha value is -2.04. The van der Waals surface area contributed by atoms with Gasteiger partial charge in [0.15, 0.2) is 0 Å². The van der Waals surface area contributed by atoms with Gasteiger partial charge in [0.1, 0.15) is 35.9 Å². The second-order valence-corrected chi connectivity index (χ2v) is 28.0. The predicted molar refractivity (Wildman–Crippen MR) is 253 cm³/mol. The summed E-state index contributed by atoms with van der Waals surface area (Å²) in [5.74, 6) is 2.12. The maximum Gasteiger partial charge on any atom is 0.126 e. The summed E-state index contributed by atoms with van der Waals surface area (Å²) in [6.07, 6.45) is 4.10. The molecule has 4 nitrogen and oxygen atoms in total. The zero-order chi connectivity index (χ0) is 45.4. The van der Waals surface area contributed by atoms with Gasteiger partial charge < -0.3 is 18.9 Å². The monoisotopic (exact) mass is 817 g/mol. The Kier molecular flexibility index (Phi) is 13.2. The van der Waals surface area contributed by atoms with Gasteiger partial charge in [0.25, 0.3) is 0 Å². The Bertz CT molecular complexity index is 1570. The second-order valence-electron chi connectivity index (χ2n) is 28.0. The van der Waals surface area contributed by atoms with Crippen LogP contribution in [0.25, 0.3) is 0 Å². The molecule has 0 amide bonds. The van der Waals surface area contributed by atoms with Crippen molar-refractivity contribution in [3.63, 3.8) is 0 Å². The Morgan fingerprint density at radius 1 is 0.407 bits per heavy atom. The lowest BCUT2D eigenvalue weighted by Gasteiger charge is -2.42. The molecule has 59 heavy (non-hydrogen) atoms. The molecule has 4 rings (SSSR count). The molecule has 2 atom stereocenters. The molecule has 2 aliphatic heterocycles. The van der Waals surface area contributed by atoms with E-state index in [4.69, 9.17) is 18.9 Å². The third-order valence-electron chi connectivity index (χ3n) is 12.7. The number of hydrogen-bond acceptors (Lipinski definition) is 4. The van der Waals surface area contributed by atoms with Gasteiger partial charge in [-0.2, -0.15) is 0 Å². The van der Waals surface area contributed by atoms with Crippen molar-refractivity contribution in [1.82, 2.24) is 0 Å². The summed E-state index contributed by atoms with van der Waals surface area (Å²) in [5, 5.41) is 0. The largest absolute Gasteiger partial charge is 0.490 e. The summed E-state index contributed by atoms with van der Waals surface area (Å²) in [6, 6.07) is 10.1. The van der Waals surface area contributed by atoms with Crippen LogP contribution in [0.2, 0.25) is 0 Å². The van der Waals surface area contributed by atoms with E-state index in [-0.39, 0.29) is 59.9 Å². The molecule has 2 fully saturated rings. The smallest absolute Gasteiger partial charge is 0.126 e. The van der Waals surface area contributed by atoms with Gasteiger partial charge in [0, 0.05) is 27.7 Å². The molecular formula is C55H92O4. The first-order valence-electron chi connectivity index (χ1n) is 23.0. The third-order valence-corrected chi connectivity index (χ3v) is 12.7. The maximum atomic E-state index is 7.11. The molecule has 2 saturated heterocycles. The van der Waals surface area contributed by atoms with Crippen LogP contribution in [0.15, 0.2) is 24.3 Å². The molecule has 0 aliphatic carbocycles. The van der Waals surface area contributed by atoms with Crippen LogP contribution in [0.1, 0.15) is 225 Å². The summed E-state index contributed by atoms with van der Waals surface area (Å²) in [7, 11) is 0. The van der Waals surface area contributed by atoms with Gasteiger partial charge in [-0.15, -0.1) is 0 Å². The fourth-order valence-corrected chi connectivity index (χ4v) is 11.0. The first-order valence-corrected chi connectivity index (χ1v) is 23.0. The minimum absolute atomic E-state index is 0.123. The second kappa shape index (κ2) is 15.6. The fourth-order valence-electron chi connectivity index (χ4n) is 11.0. The van der Waals surface area contributed by atoms with Gasteiger partial charge in [-0.1, -0.05) is 177 Å². The van der Waals surface area contributed by atoms with Crippen molar-refractivity contribution in [2.45, 2.75) is 230 Å². The summed E-state index contributed by atoms with van der Waals surface area (Å²) in [6.45, 7) is 59.8. The number of epoxide rings is 2. The zero-order valence-corrected chi connectivity index (χ0v) is 43.1. The van der Waals surface area contributed by atoms with Crippen LogP contribution < -0.4 is 9.47 Å². The van der Waals surface area contributed by atoms with Crippen LogP contribution >= 0.6 is 0 Å².